The van der Waals surface area contributed by atoms with Gasteiger partial charge in [0.15, 0.2) is 0 Å². The Bertz CT molecular complexity index is 604. The molecular formula is C18H29N5O2. The minimum absolute atomic E-state index is 0.0563. The van der Waals surface area contributed by atoms with Crippen molar-refractivity contribution in [2.75, 3.05) is 39.3 Å². The highest BCUT2D eigenvalue weighted by atomic mass is 16.5. The summed E-state index contributed by atoms with van der Waals surface area (Å²) in [7, 11) is 1.94. The van der Waals surface area contributed by atoms with E-state index in [9.17, 15) is 4.79 Å². The molecule has 0 spiro atoms. The summed E-state index contributed by atoms with van der Waals surface area (Å²) in [4.78, 5) is 16.9. The number of hydrogen-bond acceptors (Lipinski definition) is 4. The monoisotopic (exact) mass is 347 g/mol. The van der Waals surface area contributed by atoms with Crippen LogP contribution in [0.1, 0.15) is 24.8 Å². The lowest BCUT2D eigenvalue weighted by atomic mass is 10.0. The number of urea groups is 1. The van der Waals surface area contributed by atoms with Gasteiger partial charge in [-0.2, -0.15) is 5.10 Å². The van der Waals surface area contributed by atoms with Crippen LogP contribution in [0.5, 0.6) is 0 Å². The number of nitrogens with one attached hydrogen (secondary N) is 1. The molecule has 4 heterocycles. The number of rotatable bonds is 4. The molecule has 3 saturated heterocycles. The Labute approximate surface area is 149 Å². The highest BCUT2D eigenvalue weighted by Crippen LogP contribution is 2.23. The van der Waals surface area contributed by atoms with Crippen LogP contribution < -0.4 is 5.32 Å². The van der Waals surface area contributed by atoms with E-state index in [0.29, 0.717) is 18.5 Å². The fraction of sp³-hybridized carbons (Fsp3) is 0.778. The molecule has 0 aromatic carbocycles. The average molecular weight is 347 g/mol. The predicted molar refractivity (Wildman–Crippen MR) is 94.3 cm³/mol. The van der Waals surface area contributed by atoms with E-state index in [1.54, 1.807) is 0 Å². The van der Waals surface area contributed by atoms with Gasteiger partial charge in [0.2, 0.25) is 0 Å². The quantitative estimate of drug-likeness (QED) is 0.877. The van der Waals surface area contributed by atoms with Crippen LogP contribution in [0.4, 0.5) is 4.79 Å². The van der Waals surface area contributed by atoms with Crippen LogP contribution in [0, 0.1) is 5.92 Å². The maximum absolute atomic E-state index is 12.4. The molecule has 3 aliphatic rings. The second kappa shape index (κ2) is 7.33. The zero-order valence-electron chi connectivity index (χ0n) is 15.1. The molecule has 1 aromatic heterocycles. The van der Waals surface area contributed by atoms with Gasteiger partial charge in [-0.1, -0.05) is 0 Å². The van der Waals surface area contributed by atoms with Gasteiger partial charge < -0.3 is 15.0 Å². The first-order chi connectivity index (χ1) is 12.2. The van der Waals surface area contributed by atoms with Crippen molar-refractivity contribution < 1.29 is 9.53 Å². The van der Waals surface area contributed by atoms with E-state index in [1.807, 2.05) is 22.8 Å². The van der Waals surface area contributed by atoms with Gasteiger partial charge in [-0.15, -0.1) is 0 Å². The summed E-state index contributed by atoms with van der Waals surface area (Å²) >= 11 is 0. The van der Waals surface area contributed by atoms with Crippen molar-refractivity contribution in [2.45, 2.75) is 37.8 Å². The number of aromatic nitrogens is 2. The zero-order valence-corrected chi connectivity index (χ0v) is 15.1. The Morgan fingerprint density at radius 3 is 3.12 bits per heavy atom. The number of fused-ring (bicyclic) bond motifs is 1. The van der Waals surface area contributed by atoms with E-state index in [4.69, 9.17) is 4.74 Å². The first-order valence-electron chi connectivity index (χ1n) is 9.53. The average Bonchev–Trinajstić information content (AvgIpc) is 3.33. The smallest absolute Gasteiger partial charge is 0.317 e. The van der Waals surface area contributed by atoms with Crippen LogP contribution in [-0.4, -0.2) is 77.1 Å². The van der Waals surface area contributed by atoms with Crippen LogP contribution in [-0.2, 0) is 18.2 Å². The molecule has 2 amide bonds. The highest BCUT2D eigenvalue weighted by molar-refractivity contribution is 5.74. The van der Waals surface area contributed by atoms with Gasteiger partial charge in [-0.05, 0) is 43.7 Å². The third kappa shape index (κ3) is 3.98. The molecule has 25 heavy (non-hydrogen) atoms. The van der Waals surface area contributed by atoms with E-state index < -0.39 is 0 Å². The summed E-state index contributed by atoms with van der Waals surface area (Å²) in [5, 5.41) is 7.30. The zero-order chi connectivity index (χ0) is 17.2. The molecule has 3 atom stereocenters. The van der Waals surface area contributed by atoms with Gasteiger partial charge in [0.05, 0.1) is 18.9 Å². The van der Waals surface area contributed by atoms with Crippen LogP contribution in [0.2, 0.25) is 0 Å². The molecule has 0 aliphatic carbocycles. The van der Waals surface area contributed by atoms with Crippen molar-refractivity contribution in [1.82, 2.24) is 24.9 Å². The lowest BCUT2D eigenvalue weighted by molar-refractivity contribution is -0.0460. The molecule has 0 bridgehead atoms. The van der Waals surface area contributed by atoms with E-state index in [2.05, 4.69) is 21.5 Å². The van der Waals surface area contributed by atoms with Crippen LogP contribution in [0.15, 0.2) is 12.4 Å². The number of morpholine rings is 1. The number of hydrogen-bond donors (Lipinski definition) is 1. The minimum Gasteiger partial charge on any atom is -0.373 e. The third-order valence-electron chi connectivity index (χ3n) is 5.80. The maximum atomic E-state index is 12.4. The van der Waals surface area contributed by atoms with Crippen molar-refractivity contribution in [3.05, 3.63) is 18.0 Å². The molecule has 0 saturated carbocycles. The minimum atomic E-state index is 0.0563. The number of carbonyl (C=O) groups is 1. The Kier molecular flexibility index (Phi) is 4.94. The third-order valence-corrected chi connectivity index (χ3v) is 5.80. The molecule has 3 fully saturated rings. The van der Waals surface area contributed by atoms with Crippen molar-refractivity contribution in [3.63, 3.8) is 0 Å². The standard InChI is InChI=1S/C18H29N5O2/c1-21-10-15(8-20-21)7-14-4-6-23(11-14)18(24)19-9-17-12-22-5-2-3-16(22)13-25-17/h8,10,14,16-17H,2-7,9,11-13H2,1H3,(H,19,24)/t14-,16+,17+/m0/s1. The van der Waals surface area contributed by atoms with Crippen molar-refractivity contribution in [2.24, 2.45) is 13.0 Å². The van der Waals surface area contributed by atoms with E-state index >= 15 is 0 Å². The Hall–Kier alpha value is -1.60. The first kappa shape index (κ1) is 16.8. The SMILES string of the molecule is Cn1cc(C[C@@H]2CCN(C(=O)NC[C@@H]3CN4CCC[C@@H]4CO3)C2)cn1. The summed E-state index contributed by atoms with van der Waals surface area (Å²) in [6.07, 6.45) is 8.72. The Balaban J connectivity index is 1.20. The number of amides is 2. The molecule has 138 valence electrons. The summed E-state index contributed by atoms with van der Waals surface area (Å²) in [6.45, 7) is 5.25. The van der Waals surface area contributed by atoms with Gasteiger partial charge in [-0.3, -0.25) is 9.58 Å². The molecule has 1 aromatic rings. The van der Waals surface area contributed by atoms with Crippen molar-refractivity contribution in [3.8, 4) is 0 Å². The number of carbonyl (C=O) groups excluding carboxylic acids is 1. The predicted octanol–water partition coefficient (Wildman–Crippen LogP) is 0.857. The van der Waals surface area contributed by atoms with Gasteiger partial charge >= 0.3 is 6.03 Å². The van der Waals surface area contributed by atoms with Gasteiger partial charge in [0.1, 0.15) is 0 Å². The molecule has 3 aliphatic heterocycles. The summed E-state index contributed by atoms with van der Waals surface area (Å²) in [5.41, 5.74) is 1.26. The Morgan fingerprint density at radius 1 is 1.36 bits per heavy atom. The second-order valence-electron chi connectivity index (χ2n) is 7.76. The molecule has 0 unspecified atom stereocenters. The normalized spacial score (nSPS) is 29.8. The molecular weight excluding hydrogens is 318 g/mol. The van der Waals surface area contributed by atoms with E-state index in [1.165, 1.54) is 24.9 Å². The summed E-state index contributed by atoms with van der Waals surface area (Å²) in [5.74, 6) is 0.534. The van der Waals surface area contributed by atoms with E-state index in [0.717, 1.165) is 39.1 Å². The number of nitrogens with zero attached hydrogens (tertiary/aromatic N) is 4. The lowest BCUT2D eigenvalue weighted by Gasteiger charge is -2.35. The number of ether oxygens (including phenoxy) is 1. The molecule has 1 N–H and O–H groups in total. The van der Waals surface area contributed by atoms with Crippen LogP contribution in [0.25, 0.3) is 0 Å². The molecule has 0 radical (unpaired) electrons. The second-order valence-corrected chi connectivity index (χ2v) is 7.76. The molecule has 7 heteroatoms. The van der Waals surface area contributed by atoms with Crippen LogP contribution >= 0.6 is 0 Å². The molecule has 7 nitrogen and oxygen atoms in total. The van der Waals surface area contributed by atoms with Crippen LogP contribution in [0.3, 0.4) is 0 Å². The van der Waals surface area contributed by atoms with Crippen molar-refractivity contribution in [1.29, 1.82) is 0 Å². The lowest BCUT2D eigenvalue weighted by Crippen LogP contribution is -2.51. The van der Waals surface area contributed by atoms with E-state index in [-0.39, 0.29) is 12.1 Å². The largest absolute Gasteiger partial charge is 0.373 e. The summed E-state index contributed by atoms with van der Waals surface area (Å²) in [6, 6.07) is 0.666. The van der Waals surface area contributed by atoms with Gasteiger partial charge in [0, 0.05) is 45.5 Å². The number of likely N-dealkylation sites (tertiary alicyclic amines) is 1. The van der Waals surface area contributed by atoms with Crippen molar-refractivity contribution >= 4 is 6.03 Å². The number of aryl methyl sites for hydroxylation is 1. The van der Waals surface area contributed by atoms with Gasteiger partial charge in [-0.25, -0.2) is 4.79 Å². The topological polar surface area (TPSA) is 62.6 Å². The fourth-order valence-corrected chi connectivity index (χ4v) is 4.42. The fourth-order valence-electron chi connectivity index (χ4n) is 4.42. The summed E-state index contributed by atoms with van der Waals surface area (Å²) < 4.78 is 7.76. The highest BCUT2D eigenvalue weighted by Gasteiger charge is 2.33. The maximum Gasteiger partial charge on any atom is 0.317 e. The first-order valence-corrected chi connectivity index (χ1v) is 9.53. The molecule has 4 rings (SSSR count). The van der Waals surface area contributed by atoms with Gasteiger partial charge in [0.25, 0.3) is 0 Å². The Morgan fingerprint density at radius 2 is 2.28 bits per heavy atom.